The van der Waals surface area contributed by atoms with E-state index in [0.717, 1.165) is 0 Å². The number of benzene rings is 1. The van der Waals surface area contributed by atoms with E-state index in [2.05, 4.69) is 31.2 Å². The van der Waals surface area contributed by atoms with Crippen LogP contribution in [0, 0.1) is 6.92 Å². The molecule has 8 heavy (non-hydrogen) atoms. The second-order valence-corrected chi connectivity index (χ2v) is 3.14. The standard InChI is InChI=1S/C7H7.Zr/c1-7-5-3-2-4-6-7;/h2-5H,1H3;. The minimum absolute atomic E-state index is 1.41. The summed E-state index contributed by atoms with van der Waals surface area (Å²) in [5.74, 6) is 0. The molecule has 0 aromatic heterocycles. The molecule has 0 radical (unpaired) electrons. The van der Waals surface area contributed by atoms with Gasteiger partial charge in [-0.3, -0.25) is 0 Å². The Kier molecular flexibility index (Phi) is 2.02. The minimum atomic E-state index is 1.41. The van der Waals surface area contributed by atoms with Crippen LogP contribution in [0.4, 0.5) is 0 Å². The van der Waals surface area contributed by atoms with E-state index in [1.54, 1.807) is 0 Å². The van der Waals surface area contributed by atoms with Gasteiger partial charge in [-0.05, 0) is 0 Å². The monoisotopic (exact) mass is 181 g/mol. The Morgan fingerprint density at radius 1 is 1.25 bits per heavy atom. The molecular weight excluding hydrogens is 175 g/mol. The van der Waals surface area contributed by atoms with Crippen molar-refractivity contribution in [1.29, 1.82) is 0 Å². The van der Waals surface area contributed by atoms with Gasteiger partial charge in [0, 0.05) is 0 Å². The topological polar surface area (TPSA) is 0 Å². The van der Waals surface area contributed by atoms with Crippen LogP contribution in [0.3, 0.4) is 0 Å². The van der Waals surface area contributed by atoms with E-state index in [9.17, 15) is 0 Å². The van der Waals surface area contributed by atoms with E-state index in [1.165, 1.54) is 33.6 Å². The van der Waals surface area contributed by atoms with Crippen LogP contribution in [0.5, 0.6) is 0 Å². The zero-order chi connectivity index (χ0) is 5.98. The second-order valence-electron chi connectivity index (χ2n) is 1.81. The summed E-state index contributed by atoms with van der Waals surface area (Å²) in [6.07, 6.45) is 0. The Labute approximate surface area is 64.8 Å². The Balaban J connectivity index is 3.13. The van der Waals surface area contributed by atoms with Crippen LogP contribution in [0.15, 0.2) is 24.3 Å². The van der Waals surface area contributed by atoms with Gasteiger partial charge >= 0.3 is 64.7 Å². The Bertz CT molecular complexity index is 160. The first-order valence-electron chi connectivity index (χ1n) is 2.58. The average Bonchev–Trinajstić information content (AvgIpc) is 1.77. The Hall–Kier alpha value is 0.103. The van der Waals surface area contributed by atoms with Crippen molar-refractivity contribution in [2.75, 3.05) is 0 Å². The molecular formula is C7H7Zr. The van der Waals surface area contributed by atoms with Gasteiger partial charge in [0.05, 0.1) is 0 Å². The molecule has 0 saturated carbocycles. The molecule has 1 aromatic rings. The van der Waals surface area contributed by atoms with Gasteiger partial charge in [0.25, 0.3) is 0 Å². The molecule has 1 rings (SSSR count). The van der Waals surface area contributed by atoms with Crippen LogP contribution >= 0.6 is 0 Å². The van der Waals surface area contributed by atoms with Gasteiger partial charge in [0.15, 0.2) is 0 Å². The predicted octanol–water partition coefficient (Wildman–Crippen LogP) is 1.17. The molecule has 1 heteroatoms. The van der Waals surface area contributed by atoms with Gasteiger partial charge in [-0.1, -0.05) is 0 Å². The van der Waals surface area contributed by atoms with E-state index in [4.69, 9.17) is 0 Å². The molecule has 0 atom stereocenters. The van der Waals surface area contributed by atoms with E-state index in [-0.39, 0.29) is 0 Å². The Morgan fingerprint density at radius 2 is 1.88 bits per heavy atom. The molecule has 1 aromatic carbocycles. The summed E-state index contributed by atoms with van der Waals surface area (Å²) in [6.45, 7) is 2.14. The molecule has 0 N–H and O–H groups in total. The van der Waals surface area contributed by atoms with Crippen molar-refractivity contribution in [3.05, 3.63) is 29.8 Å². The van der Waals surface area contributed by atoms with Gasteiger partial charge in [0.2, 0.25) is 0 Å². The predicted molar refractivity (Wildman–Crippen MR) is 30.8 cm³/mol. The molecule has 0 nitrogen and oxygen atoms in total. The normalized spacial score (nSPS) is 9.00. The van der Waals surface area contributed by atoms with Crippen LogP contribution in [0.1, 0.15) is 5.56 Å². The molecule has 0 heterocycles. The van der Waals surface area contributed by atoms with Crippen LogP contribution in [-0.2, 0) is 24.7 Å². The zero-order valence-corrected chi connectivity index (χ0v) is 7.27. The quantitative estimate of drug-likeness (QED) is 0.565. The number of rotatable bonds is 0. The van der Waals surface area contributed by atoms with Gasteiger partial charge in [-0.25, -0.2) is 0 Å². The summed E-state index contributed by atoms with van der Waals surface area (Å²) >= 11 is 1.51. The number of hydrogen-bond acceptors (Lipinski definition) is 0. The third kappa shape index (κ3) is 1.29. The third-order valence-electron chi connectivity index (χ3n) is 1.15. The van der Waals surface area contributed by atoms with Crippen LogP contribution in [0.2, 0.25) is 0 Å². The van der Waals surface area contributed by atoms with Crippen molar-refractivity contribution in [2.45, 2.75) is 6.92 Å². The van der Waals surface area contributed by atoms with Crippen molar-refractivity contribution < 1.29 is 24.7 Å². The van der Waals surface area contributed by atoms with Gasteiger partial charge in [0.1, 0.15) is 0 Å². The van der Waals surface area contributed by atoms with E-state index in [0.29, 0.717) is 0 Å². The summed E-state index contributed by atoms with van der Waals surface area (Å²) in [5, 5.41) is 0. The summed E-state index contributed by atoms with van der Waals surface area (Å²) in [4.78, 5) is 0. The fourth-order valence-corrected chi connectivity index (χ4v) is 1.01. The SMILES string of the molecule is Cc1cccc[c]1[Zr]. The molecule has 0 aliphatic heterocycles. The van der Waals surface area contributed by atoms with Crippen molar-refractivity contribution in [2.24, 2.45) is 0 Å². The molecule has 0 fully saturated rings. The zero-order valence-electron chi connectivity index (χ0n) is 4.81. The summed E-state index contributed by atoms with van der Waals surface area (Å²) in [5.41, 5.74) is 1.41. The second kappa shape index (κ2) is 2.59. The molecule has 39 valence electrons. The van der Waals surface area contributed by atoms with Crippen molar-refractivity contribution >= 4 is 3.27 Å². The number of hydrogen-bond donors (Lipinski definition) is 0. The summed E-state index contributed by atoms with van der Waals surface area (Å²) < 4.78 is 1.46. The van der Waals surface area contributed by atoms with Crippen LogP contribution in [0.25, 0.3) is 0 Å². The van der Waals surface area contributed by atoms with E-state index >= 15 is 0 Å². The molecule has 0 spiro atoms. The molecule has 0 unspecified atom stereocenters. The molecule has 0 amide bonds. The van der Waals surface area contributed by atoms with Crippen molar-refractivity contribution in [3.8, 4) is 0 Å². The first-order chi connectivity index (χ1) is 3.80. The molecule has 0 aliphatic rings. The molecule has 0 saturated heterocycles. The van der Waals surface area contributed by atoms with Crippen LogP contribution in [-0.4, -0.2) is 0 Å². The van der Waals surface area contributed by atoms with Crippen LogP contribution < -0.4 is 3.27 Å². The number of aryl methyl sites for hydroxylation is 1. The summed E-state index contributed by atoms with van der Waals surface area (Å²) in [6, 6.07) is 8.46. The maximum absolute atomic E-state index is 2.16. The average molecular weight is 182 g/mol. The first kappa shape index (κ1) is 6.23. The van der Waals surface area contributed by atoms with E-state index in [1.807, 2.05) is 0 Å². The van der Waals surface area contributed by atoms with Gasteiger partial charge < -0.3 is 0 Å². The van der Waals surface area contributed by atoms with Crippen molar-refractivity contribution in [3.63, 3.8) is 0 Å². The fraction of sp³-hybridized carbons (Fsp3) is 0.143. The fourth-order valence-electron chi connectivity index (χ4n) is 0.573. The van der Waals surface area contributed by atoms with Gasteiger partial charge in [-0.2, -0.15) is 0 Å². The van der Waals surface area contributed by atoms with Gasteiger partial charge in [-0.15, -0.1) is 0 Å². The third-order valence-corrected chi connectivity index (χ3v) is 2.52. The molecule has 0 bridgehead atoms. The maximum atomic E-state index is 2.16. The van der Waals surface area contributed by atoms with E-state index < -0.39 is 0 Å². The summed E-state index contributed by atoms with van der Waals surface area (Å²) in [7, 11) is 0. The Morgan fingerprint density at radius 3 is 2.25 bits per heavy atom. The first-order valence-corrected chi connectivity index (χ1v) is 3.81. The van der Waals surface area contributed by atoms with Crippen molar-refractivity contribution in [1.82, 2.24) is 0 Å². The molecule has 0 aliphatic carbocycles.